The molecule has 0 fully saturated rings. The van der Waals surface area contributed by atoms with Gasteiger partial charge in [0.1, 0.15) is 17.1 Å². The molecule has 0 unspecified atom stereocenters. The first kappa shape index (κ1) is 29.4. The largest absolute Gasteiger partial charge is 0.494 e. The van der Waals surface area contributed by atoms with Crippen LogP contribution >= 0.6 is 0 Å². The normalized spacial score (nSPS) is 11.3. The number of ether oxygens (including phenoxy) is 1. The number of hydrogen-bond donors (Lipinski definition) is 1. The summed E-state index contributed by atoms with van der Waals surface area (Å²) in [4.78, 5) is 27.8. The van der Waals surface area contributed by atoms with Gasteiger partial charge in [-0.05, 0) is 81.2 Å². The molecule has 3 rings (SSSR count). The van der Waals surface area contributed by atoms with E-state index >= 15 is 0 Å². The van der Waals surface area contributed by atoms with Crippen molar-refractivity contribution < 1.29 is 18.7 Å². The summed E-state index contributed by atoms with van der Waals surface area (Å²) < 4.78 is 12.1. The fourth-order valence-corrected chi connectivity index (χ4v) is 4.62. The van der Waals surface area contributed by atoms with Crippen LogP contribution < -0.4 is 10.1 Å². The van der Waals surface area contributed by atoms with Gasteiger partial charge in [-0.2, -0.15) is 0 Å². The average Bonchev–Trinajstić information content (AvgIpc) is 3.28. The first-order valence-corrected chi connectivity index (χ1v) is 14.3. The van der Waals surface area contributed by atoms with E-state index in [-0.39, 0.29) is 11.7 Å². The van der Waals surface area contributed by atoms with Crippen molar-refractivity contribution in [3.8, 4) is 5.75 Å². The Hall–Kier alpha value is -3.12. The predicted octanol–water partition coefficient (Wildman–Crippen LogP) is 7.64. The maximum atomic E-state index is 13.7. The molecule has 1 aromatic heterocycles. The number of unbranched alkanes of at least 4 members (excludes halogenated alkanes) is 3. The molecule has 1 amide bonds. The Morgan fingerprint density at radius 1 is 0.868 bits per heavy atom. The number of hydrogen-bond acceptors (Lipinski definition) is 5. The van der Waals surface area contributed by atoms with E-state index < -0.39 is 0 Å². The molecule has 0 spiro atoms. The third-order valence-corrected chi connectivity index (χ3v) is 6.73. The van der Waals surface area contributed by atoms with Gasteiger partial charge in [0.2, 0.25) is 5.91 Å². The van der Waals surface area contributed by atoms with E-state index in [9.17, 15) is 9.59 Å². The molecule has 0 bridgehead atoms. The van der Waals surface area contributed by atoms with Crippen molar-refractivity contribution in [1.29, 1.82) is 0 Å². The number of fused-ring (bicyclic) bond motifs is 1. The van der Waals surface area contributed by atoms with Crippen molar-refractivity contribution >= 4 is 28.3 Å². The standard InChI is InChI=1S/C32H44N2O4/c1-5-8-12-30-31(28-23-26(33-24(4)35)15-18-29(28)38-30)32(36)25-13-16-27(17-14-25)37-22-11-21-34(19-9-6-2)20-10-7-3/h13-18,23H,5-12,19-22H2,1-4H3,(H,33,35). The zero-order valence-corrected chi connectivity index (χ0v) is 23.6. The van der Waals surface area contributed by atoms with Crippen LogP contribution in [0.3, 0.4) is 0 Å². The Balaban J connectivity index is 1.69. The summed E-state index contributed by atoms with van der Waals surface area (Å²) in [5, 5.41) is 3.53. The quantitative estimate of drug-likeness (QED) is 0.146. The lowest BCUT2D eigenvalue weighted by atomic mass is 9.98. The monoisotopic (exact) mass is 520 g/mol. The SMILES string of the molecule is CCCCc1oc2ccc(NC(C)=O)cc2c1C(=O)c1ccc(OCCCN(CCCC)CCCC)cc1. The molecule has 2 aromatic carbocycles. The molecule has 0 radical (unpaired) electrons. The summed E-state index contributed by atoms with van der Waals surface area (Å²) in [6.45, 7) is 12.1. The van der Waals surface area contributed by atoms with E-state index in [1.165, 1.54) is 32.6 Å². The Kier molecular flexibility index (Phi) is 11.9. The van der Waals surface area contributed by atoms with E-state index in [4.69, 9.17) is 9.15 Å². The van der Waals surface area contributed by atoms with Crippen LogP contribution in [0.4, 0.5) is 5.69 Å². The minimum atomic E-state index is -0.155. The lowest BCUT2D eigenvalue weighted by molar-refractivity contribution is -0.114. The number of amides is 1. The maximum Gasteiger partial charge on any atom is 0.221 e. The van der Waals surface area contributed by atoms with Crippen LogP contribution in [-0.2, 0) is 11.2 Å². The highest BCUT2D eigenvalue weighted by Crippen LogP contribution is 2.32. The van der Waals surface area contributed by atoms with Crippen LogP contribution in [0.5, 0.6) is 5.75 Å². The van der Waals surface area contributed by atoms with Crippen molar-refractivity contribution in [2.75, 3.05) is 31.6 Å². The summed E-state index contributed by atoms with van der Waals surface area (Å²) in [7, 11) is 0. The van der Waals surface area contributed by atoms with Crippen LogP contribution in [0.2, 0.25) is 0 Å². The maximum absolute atomic E-state index is 13.7. The lowest BCUT2D eigenvalue weighted by Crippen LogP contribution is -2.28. The second-order valence-corrected chi connectivity index (χ2v) is 10.0. The van der Waals surface area contributed by atoms with Crippen molar-refractivity contribution in [2.24, 2.45) is 0 Å². The number of furan rings is 1. The molecule has 0 saturated heterocycles. The highest BCUT2D eigenvalue weighted by atomic mass is 16.5. The molecule has 6 heteroatoms. The van der Waals surface area contributed by atoms with Gasteiger partial charge in [0.15, 0.2) is 5.78 Å². The van der Waals surface area contributed by atoms with E-state index in [0.29, 0.717) is 41.2 Å². The van der Waals surface area contributed by atoms with E-state index in [0.717, 1.165) is 50.0 Å². The van der Waals surface area contributed by atoms with Gasteiger partial charge in [-0.1, -0.05) is 40.0 Å². The Morgan fingerprint density at radius 2 is 1.53 bits per heavy atom. The van der Waals surface area contributed by atoms with Crippen LogP contribution in [0.1, 0.15) is 94.3 Å². The Morgan fingerprint density at radius 3 is 2.16 bits per heavy atom. The molecule has 0 aliphatic heterocycles. The number of nitrogens with one attached hydrogen (secondary N) is 1. The highest BCUT2D eigenvalue weighted by molar-refractivity contribution is 6.17. The summed E-state index contributed by atoms with van der Waals surface area (Å²) in [6.07, 6.45) is 8.51. The van der Waals surface area contributed by atoms with Gasteiger partial charge in [0.05, 0.1) is 12.2 Å². The van der Waals surface area contributed by atoms with Gasteiger partial charge < -0.3 is 19.4 Å². The number of carbonyl (C=O) groups is 2. The number of anilines is 1. The third-order valence-electron chi connectivity index (χ3n) is 6.73. The van der Waals surface area contributed by atoms with Crippen molar-refractivity contribution in [3.05, 3.63) is 59.4 Å². The molecule has 0 aliphatic rings. The lowest BCUT2D eigenvalue weighted by Gasteiger charge is -2.21. The smallest absolute Gasteiger partial charge is 0.221 e. The summed E-state index contributed by atoms with van der Waals surface area (Å²) >= 11 is 0. The van der Waals surface area contributed by atoms with E-state index in [1.54, 1.807) is 6.07 Å². The molecule has 0 atom stereocenters. The number of benzene rings is 2. The molecular weight excluding hydrogens is 476 g/mol. The number of nitrogens with zero attached hydrogens (tertiary/aromatic N) is 1. The second-order valence-electron chi connectivity index (χ2n) is 10.0. The average molecular weight is 521 g/mol. The Labute approximate surface area is 227 Å². The van der Waals surface area contributed by atoms with E-state index in [1.807, 2.05) is 36.4 Å². The van der Waals surface area contributed by atoms with Crippen LogP contribution in [0.15, 0.2) is 46.9 Å². The van der Waals surface area contributed by atoms with Crippen molar-refractivity contribution in [3.63, 3.8) is 0 Å². The van der Waals surface area contributed by atoms with Crippen molar-refractivity contribution in [1.82, 2.24) is 4.90 Å². The third kappa shape index (κ3) is 8.45. The highest BCUT2D eigenvalue weighted by Gasteiger charge is 2.22. The zero-order chi connectivity index (χ0) is 27.3. The molecule has 6 nitrogen and oxygen atoms in total. The molecule has 206 valence electrons. The fraction of sp³-hybridized carbons (Fsp3) is 0.500. The number of carbonyl (C=O) groups excluding carboxylic acids is 2. The van der Waals surface area contributed by atoms with Gasteiger partial charge in [-0.3, -0.25) is 9.59 Å². The summed E-state index contributed by atoms with van der Waals surface area (Å²) in [5.41, 5.74) is 2.47. The van der Waals surface area contributed by atoms with Gasteiger partial charge in [-0.25, -0.2) is 0 Å². The van der Waals surface area contributed by atoms with Crippen LogP contribution in [-0.4, -0.2) is 42.8 Å². The molecule has 1 N–H and O–H groups in total. The number of rotatable bonds is 17. The minimum absolute atomic E-state index is 0.0798. The molecule has 1 heterocycles. The van der Waals surface area contributed by atoms with E-state index in [2.05, 4.69) is 31.0 Å². The zero-order valence-electron chi connectivity index (χ0n) is 23.6. The minimum Gasteiger partial charge on any atom is -0.494 e. The van der Waals surface area contributed by atoms with Gasteiger partial charge in [0.25, 0.3) is 0 Å². The topological polar surface area (TPSA) is 71.8 Å². The summed E-state index contributed by atoms with van der Waals surface area (Å²) in [6, 6.07) is 12.8. The van der Waals surface area contributed by atoms with Crippen LogP contribution in [0, 0.1) is 0 Å². The van der Waals surface area contributed by atoms with Crippen LogP contribution in [0.25, 0.3) is 11.0 Å². The summed E-state index contributed by atoms with van der Waals surface area (Å²) in [5.74, 6) is 1.23. The first-order valence-electron chi connectivity index (χ1n) is 14.3. The molecule has 3 aromatic rings. The second kappa shape index (κ2) is 15.3. The van der Waals surface area contributed by atoms with Gasteiger partial charge >= 0.3 is 0 Å². The van der Waals surface area contributed by atoms with Crippen molar-refractivity contribution in [2.45, 2.75) is 79.1 Å². The Bertz CT molecular complexity index is 1160. The molecule has 0 aliphatic carbocycles. The number of aryl methyl sites for hydroxylation is 1. The number of ketones is 1. The van der Waals surface area contributed by atoms with Gasteiger partial charge in [-0.15, -0.1) is 0 Å². The molecule has 38 heavy (non-hydrogen) atoms. The molecular formula is C32H44N2O4. The van der Waals surface area contributed by atoms with Gasteiger partial charge in [0, 0.05) is 36.5 Å². The molecule has 0 saturated carbocycles. The first-order chi connectivity index (χ1) is 18.5. The predicted molar refractivity (Wildman–Crippen MR) is 155 cm³/mol. The fourth-order valence-electron chi connectivity index (χ4n) is 4.62.